The molecule has 0 atom stereocenters. The van der Waals surface area contributed by atoms with Crippen LogP contribution in [0.5, 0.6) is 17.2 Å². The smallest absolute Gasteiger partial charge is 0.277 e. The number of phenolic OH excluding ortho intramolecular Hbond substituents is 1. The molecule has 0 radical (unpaired) electrons. The van der Waals surface area contributed by atoms with Gasteiger partial charge in [-0.2, -0.15) is 5.10 Å². The quantitative estimate of drug-likeness (QED) is 0.485. The number of amides is 1. The Kier molecular flexibility index (Phi) is 8.14. The minimum absolute atomic E-state index is 0.101. The van der Waals surface area contributed by atoms with E-state index in [-0.39, 0.29) is 12.4 Å². The second kappa shape index (κ2) is 10.8. The summed E-state index contributed by atoms with van der Waals surface area (Å²) in [5.74, 6) is 0.763. The Morgan fingerprint density at radius 1 is 1.11 bits per heavy atom. The first-order valence-corrected chi connectivity index (χ1v) is 9.33. The highest BCUT2D eigenvalue weighted by molar-refractivity contribution is 5.86. The average Bonchev–Trinajstić information content (AvgIpc) is 2.70. The van der Waals surface area contributed by atoms with Crippen molar-refractivity contribution in [2.24, 2.45) is 5.10 Å². The minimum atomic E-state index is -0.415. The van der Waals surface area contributed by atoms with Gasteiger partial charge in [0.1, 0.15) is 5.75 Å². The van der Waals surface area contributed by atoms with Crippen LogP contribution in [0, 0.1) is 0 Å². The third-order valence-corrected chi connectivity index (χ3v) is 4.04. The Labute approximate surface area is 165 Å². The molecule has 7 heteroatoms. The van der Waals surface area contributed by atoms with Crippen molar-refractivity contribution in [1.29, 1.82) is 0 Å². The molecule has 0 aliphatic heterocycles. The number of hydrazone groups is 1. The third kappa shape index (κ3) is 5.90. The Bertz CT molecular complexity index is 804. The molecule has 0 fully saturated rings. The van der Waals surface area contributed by atoms with Crippen LogP contribution in [0.4, 0.5) is 5.69 Å². The number of hydrogen-bond donors (Lipinski definition) is 2. The third-order valence-electron chi connectivity index (χ3n) is 4.04. The first kappa shape index (κ1) is 21.1. The van der Waals surface area contributed by atoms with Gasteiger partial charge in [-0.05, 0) is 45.0 Å². The number of ether oxygens (including phenoxy) is 2. The van der Waals surface area contributed by atoms with Crippen molar-refractivity contribution in [2.45, 2.75) is 20.8 Å². The van der Waals surface area contributed by atoms with Gasteiger partial charge in [0, 0.05) is 30.4 Å². The molecule has 150 valence electrons. The normalized spacial score (nSPS) is 10.7. The molecule has 28 heavy (non-hydrogen) atoms. The molecule has 2 N–H and O–H groups in total. The monoisotopic (exact) mass is 385 g/mol. The molecule has 0 saturated carbocycles. The van der Waals surface area contributed by atoms with Crippen LogP contribution in [-0.2, 0) is 4.79 Å². The van der Waals surface area contributed by atoms with Gasteiger partial charge in [0.25, 0.3) is 5.91 Å². The van der Waals surface area contributed by atoms with E-state index in [9.17, 15) is 9.90 Å². The summed E-state index contributed by atoms with van der Waals surface area (Å²) in [6.07, 6.45) is 1.40. The molecule has 2 aromatic carbocycles. The predicted octanol–water partition coefficient (Wildman–Crippen LogP) is 3.17. The Hall–Kier alpha value is -3.22. The molecule has 0 spiro atoms. The number of nitrogens with one attached hydrogen (secondary N) is 1. The molecule has 0 bridgehead atoms. The van der Waals surface area contributed by atoms with Gasteiger partial charge in [0.15, 0.2) is 18.1 Å². The number of aromatic hydroxyl groups is 1. The predicted molar refractivity (Wildman–Crippen MR) is 111 cm³/mol. The second-order valence-electron chi connectivity index (χ2n) is 5.88. The van der Waals surface area contributed by atoms with Crippen LogP contribution in [-0.4, -0.2) is 43.5 Å². The highest BCUT2D eigenvalue weighted by Gasteiger charge is 2.08. The summed E-state index contributed by atoms with van der Waals surface area (Å²) in [5, 5.41) is 14.0. The Balaban J connectivity index is 1.90. The average molecular weight is 385 g/mol. The van der Waals surface area contributed by atoms with E-state index in [1.807, 2.05) is 19.1 Å². The van der Waals surface area contributed by atoms with Crippen molar-refractivity contribution in [3.63, 3.8) is 0 Å². The van der Waals surface area contributed by atoms with Crippen LogP contribution in [0.2, 0.25) is 0 Å². The number of carbonyl (C=O) groups is 1. The van der Waals surface area contributed by atoms with Crippen molar-refractivity contribution >= 4 is 17.8 Å². The largest absolute Gasteiger partial charge is 0.507 e. The lowest BCUT2D eigenvalue weighted by Crippen LogP contribution is -2.24. The van der Waals surface area contributed by atoms with Crippen molar-refractivity contribution < 1.29 is 19.4 Å². The molecule has 7 nitrogen and oxygen atoms in total. The lowest BCUT2D eigenvalue weighted by atomic mass is 10.2. The van der Waals surface area contributed by atoms with E-state index in [4.69, 9.17) is 9.47 Å². The summed E-state index contributed by atoms with van der Waals surface area (Å²) < 4.78 is 10.9. The maximum Gasteiger partial charge on any atom is 0.277 e. The molecular weight excluding hydrogens is 358 g/mol. The molecule has 2 aromatic rings. The van der Waals surface area contributed by atoms with Crippen LogP contribution in [0.3, 0.4) is 0 Å². The number of carbonyl (C=O) groups excluding carboxylic acids is 1. The fourth-order valence-electron chi connectivity index (χ4n) is 2.62. The molecular formula is C21H27N3O4. The Morgan fingerprint density at radius 2 is 1.79 bits per heavy atom. The van der Waals surface area contributed by atoms with Crippen molar-refractivity contribution in [2.75, 3.05) is 31.2 Å². The van der Waals surface area contributed by atoms with Crippen LogP contribution < -0.4 is 19.8 Å². The molecule has 0 aliphatic rings. The maximum absolute atomic E-state index is 11.9. The van der Waals surface area contributed by atoms with Crippen LogP contribution in [0.1, 0.15) is 26.3 Å². The molecule has 0 heterocycles. The van der Waals surface area contributed by atoms with E-state index in [2.05, 4.69) is 29.3 Å². The number of phenols is 1. The van der Waals surface area contributed by atoms with Crippen molar-refractivity contribution in [1.82, 2.24) is 5.43 Å². The number of para-hydroxylation sites is 2. The first-order valence-electron chi connectivity index (χ1n) is 9.33. The molecule has 0 aromatic heterocycles. The van der Waals surface area contributed by atoms with Gasteiger partial charge in [-0.15, -0.1) is 0 Å². The zero-order valence-corrected chi connectivity index (χ0v) is 16.5. The standard InChI is InChI=1S/C21H27N3O4/c1-4-24(5-2)17-12-11-16(18(25)13-17)14-22-23-21(26)15-28-20-10-8-7-9-19(20)27-6-3/h7-14,25H,4-6,15H2,1-3H3,(H,23,26)/b22-14+. The zero-order chi connectivity index (χ0) is 20.4. The van der Waals surface area contributed by atoms with Crippen LogP contribution in [0.15, 0.2) is 47.6 Å². The van der Waals surface area contributed by atoms with Crippen molar-refractivity contribution in [3.8, 4) is 17.2 Å². The summed E-state index contributed by atoms with van der Waals surface area (Å²) in [7, 11) is 0. The highest BCUT2D eigenvalue weighted by Crippen LogP contribution is 2.26. The maximum atomic E-state index is 11.9. The molecule has 0 unspecified atom stereocenters. The molecule has 2 rings (SSSR count). The van der Waals surface area contributed by atoms with E-state index in [0.717, 1.165) is 18.8 Å². The zero-order valence-electron chi connectivity index (χ0n) is 16.5. The van der Waals surface area contributed by atoms with Crippen molar-refractivity contribution in [3.05, 3.63) is 48.0 Å². The summed E-state index contributed by atoms with van der Waals surface area (Å²) in [6, 6.07) is 12.5. The van der Waals surface area contributed by atoms with E-state index < -0.39 is 5.91 Å². The number of hydrogen-bond acceptors (Lipinski definition) is 6. The summed E-state index contributed by atoms with van der Waals surface area (Å²) >= 11 is 0. The first-order chi connectivity index (χ1) is 13.6. The second-order valence-corrected chi connectivity index (χ2v) is 5.88. The minimum Gasteiger partial charge on any atom is -0.507 e. The van der Waals surface area contributed by atoms with Gasteiger partial charge >= 0.3 is 0 Å². The summed E-state index contributed by atoms with van der Waals surface area (Å²) in [4.78, 5) is 14.0. The Morgan fingerprint density at radius 3 is 2.39 bits per heavy atom. The lowest BCUT2D eigenvalue weighted by Gasteiger charge is -2.21. The van der Waals surface area contributed by atoms with Gasteiger partial charge in [-0.3, -0.25) is 4.79 Å². The fraction of sp³-hybridized carbons (Fsp3) is 0.333. The highest BCUT2D eigenvalue weighted by atomic mass is 16.5. The van der Waals surface area contributed by atoms with Crippen LogP contribution >= 0.6 is 0 Å². The van der Waals surface area contributed by atoms with E-state index >= 15 is 0 Å². The van der Waals surface area contributed by atoms with Gasteiger partial charge in [0.05, 0.1) is 12.8 Å². The fourth-order valence-corrected chi connectivity index (χ4v) is 2.62. The van der Waals surface area contributed by atoms with E-state index in [0.29, 0.717) is 23.7 Å². The molecule has 0 saturated heterocycles. The SMILES string of the molecule is CCOc1ccccc1OCC(=O)N/N=C/c1ccc(N(CC)CC)cc1O. The van der Waals surface area contributed by atoms with Crippen LogP contribution in [0.25, 0.3) is 0 Å². The van der Waals surface area contributed by atoms with Gasteiger partial charge in [0.2, 0.25) is 0 Å². The summed E-state index contributed by atoms with van der Waals surface area (Å²) in [6.45, 7) is 8.00. The topological polar surface area (TPSA) is 83.4 Å². The number of anilines is 1. The number of rotatable bonds is 10. The van der Waals surface area contributed by atoms with E-state index in [1.54, 1.807) is 30.3 Å². The molecule has 0 aliphatic carbocycles. The van der Waals surface area contributed by atoms with E-state index in [1.165, 1.54) is 6.21 Å². The van der Waals surface area contributed by atoms with Gasteiger partial charge in [-0.1, -0.05) is 12.1 Å². The molecule has 1 amide bonds. The lowest BCUT2D eigenvalue weighted by molar-refractivity contribution is -0.123. The number of benzene rings is 2. The summed E-state index contributed by atoms with van der Waals surface area (Å²) in [5.41, 5.74) is 3.83. The van der Waals surface area contributed by atoms with Gasteiger partial charge in [-0.25, -0.2) is 5.43 Å². The van der Waals surface area contributed by atoms with Gasteiger partial charge < -0.3 is 19.5 Å². The number of nitrogens with zero attached hydrogens (tertiary/aromatic N) is 2.